The SMILES string of the molecule is CCS(=O)(=O)c1ccc(F)cc1.CCS(=O)(=O)c1ccc(N2CC[C@H](C[C@H](C)c3cccc4ccccc34)C2)cc1.C[C@@H](C[C@H]1CCNC1)c1cccc2ccccc12.Cl. The lowest BCUT2D eigenvalue weighted by Gasteiger charge is -2.21. The van der Waals surface area contributed by atoms with Crippen molar-refractivity contribution in [2.24, 2.45) is 11.8 Å². The Morgan fingerprint density at radius 2 is 1.08 bits per heavy atom. The van der Waals surface area contributed by atoms with E-state index in [2.05, 4.69) is 109 Å². The Kier molecular flexibility index (Phi) is 16.8. The highest BCUT2D eigenvalue weighted by molar-refractivity contribution is 7.91. The van der Waals surface area contributed by atoms with E-state index in [0.29, 0.717) is 22.6 Å². The molecule has 1 N–H and O–H groups in total. The monoisotopic (exact) mass is 870 g/mol. The molecule has 2 saturated heterocycles. The van der Waals surface area contributed by atoms with Gasteiger partial charge in [0.15, 0.2) is 19.7 Å². The van der Waals surface area contributed by atoms with E-state index in [9.17, 15) is 21.2 Å². The Labute approximate surface area is 363 Å². The van der Waals surface area contributed by atoms with Crippen molar-refractivity contribution in [3.8, 4) is 0 Å². The summed E-state index contributed by atoms with van der Waals surface area (Å²) in [5.41, 5.74) is 4.08. The number of nitrogens with zero attached hydrogens (tertiary/aromatic N) is 1. The summed E-state index contributed by atoms with van der Waals surface area (Å²) in [5.74, 6) is 2.44. The summed E-state index contributed by atoms with van der Waals surface area (Å²) >= 11 is 0. The molecule has 0 spiro atoms. The molecule has 6 aromatic rings. The van der Waals surface area contributed by atoms with Crippen LogP contribution in [0.5, 0.6) is 0 Å². The fourth-order valence-electron chi connectivity index (χ4n) is 8.63. The molecule has 0 aromatic heterocycles. The third kappa shape index (κ3) is 12.0. The zero-order valence-electron chi connectivity index (χ0n) is 35.3. The summed E-state index contributed by atoms with van der Waals surface area (Å²) in [6, 6.07) is 43.0. The van der Waals surface area contributed by atoms with E-state index >= 15 is 0 Å². The molecule has 2 fully saturated rings. The zero-order chi connectivity index (χ0) is 42.0. The first kappa shape index (κ1) is 46.8. The zero-order valence-corrected chi connectivity index (χ0v) is 37.7. The van der Waals surface area contributed by atoms with Crippen LogP contribution in [-0.4, -0.2) is 54.5 Å². The van der Waals surface area contributed by atoms with Gasteiger partial charge in [-0.1, -0.05) is 113 Å². The van der Waals surface area contributed by atoms with Crippen LogP contribution >= 0.6 is 12.4 Å². The summed E-state index contributed by atoms with van der Waals surface area (Å²) in [5, 5.41) is 8.94. The molecule has 2 heterocycles. The number of hydrogen-bond donors (Lipinski definition) is 1. The lowest BCUT2D eigenvalue weighted by molar-refractivity contribution is 0.485. The van der Waals surface area contributed by atoms with Crippen LogP contribution in [0, 0.1) is 17.7 Å². The third-order valence-corrected chi connectivity index (χ3v) is 15.5. The highest BCUT2D eigenvalue weighted by atomic mass is 35.5. The van der Waals surface area contributed by atoms with E-state index in [-0.39, 0.29) is 28.8 Å². The molecular weight excluding hydrogens is 811 g/mol. The van der Waals surface area contributed by atoms with E-state index in [1.165, 1.54) is 83.6 Å². The predicted molar refractivity (Wildman–Crippen MR) is 251 cm³/mol. The van der Waals surface area contributed by atoms with Gasteiger partial charge >= 0.3 is 0 Å². The predicted octanol–water partition coefficient (Wildman–Crippen LogP) is 11.6. The molecule has 0 amide bonds. The van der Waals surface area contributed by atoms with Crippen molar-refractivity contribution in [1.29, 1.82) is 0 Å². The minimum absolute atomic E-state index is 0. The Morgan fingerprint density at radius 3 is 1.57 bits per heavy atom. The minimum atomic E-state index is -3.18. The average Bonchev–Trinajstić information content (AvgIpc) is 3.96. The lowest BCUT2D eigenvalue weighted by Crippen LogP contribution is -2.20. The fraction of sp³-hybridized carbons (Fsp3) is 0.360. The van der Waals surface area contributed by atoms with Gasteiger partial charge in [0.2, 0.25) is 0 Å². The Hall–Kier alpha value is -4.28. The molecule has 4 atom stereocenters. The quantitative estimate of drug-likeness (QED) is 0.131. The first-order chi connectivity index (χ1) is 28.4. The van der Waals surface area contributed by atoms with Crippen molar-refractivity contribution < 1.29 is 21.2 Å². The van der Waals surface area contributed by atoms with E-state index < -0.39 is 25.5 Å². The maximum absolute atomic E-state index is 12.4. The van der Waals surface area contributed by atoms with Gasteiger partial charge in [-0.05, 0) is 144 Å². The second-order valence-electron chi connectivity index (χ2n) is 16.1. The first-order valence-corrected chi connectivity index (χ1v) is 24.4. The molecule has 320 valence electrons. The van der Waals surface area contributed by atoms with E-state index in [0.717, 1.165) is 36.8 Å². The first-order valence-electron chi connectivity index (χ1n) is 21.1. The maximum atomic E-state index is 12.4. The van der Waals surface area contributed by atoms with Crippen LogP contribution in [0.15, 0.2) is 143 Å². The smallest absolute Gasteiger partial charge is 0.178 e. The molecular formula is C50H60ClFN2O4S2. The van der Waals surface area contributed by atoms with Gasteiger partial charge in [0.25, 0.3) is 0 Å². The number of nitrogens with one attached hydrogen (secondary N) is 1. The molecule has 10 heteroatoms. The number of rotatable bonds is 11. The van der Waals surface area contributed by atoms with Gasteiger partial charge in [0.1, 0.15) is 5.82 Å². The van der Waals surface area contributed by atoms with Crippen molar-refractivity contribution in [2.45, 2.75) is 75.0 Å². The number of anilines is 1. The maximum Gasteiger partial charge on any atom is 0.178 e. The van der Waals surface area contributed by atoms with Gasteiger partial charge in [0.05, 0.1) is 21.3 Å². The van der Waals surface area contributed by atoms with Crippen molar-refractivity contribution >= 4 is 59.3 Å². The number of benzene rings is 6. The third-order valence-electron chi connectivity index (χ3n) is 12.0. The van der Waals surface area contributed by atoms with Gasteiger partial charge in [-0.2, -0.15) is 0 Å². The van der Waals surface area contributed by atoms with E-state index in [1.54, 1.807) is 26.0 Å². The lowest BCUT2D eigenvalue weighted by atomic mass is 9.87. The molecule has 0 radical (unpaired) electrons. The van der Waals surface area contributed by atoms with Crippen LogP contribution in [0.25, 0.3) is 21.5 Å². The van der Waals surface area contributed by atoms with Gasteiger partial charge < -0.3 is 10.2 Å². The summed E-state index contributed by atoms with van der Waals surface area (Å²) in [7, 11) is -6.31. The average molecular weight is 872 g/mol. The highest BCUT2D eigenvalue weighted by Gasteiger charge is 2.26. The van der Waals surface area contributed by atoms with Gasteiger partial charge in [-0.25, -0.2) is 21.2 Å². The van der Waals surface area contributed by atoms with Gasteiger partial charge in [-0.15, -0.1) is 12.4 Å². The standard InChI is InChI=1S/C25H29NO2S.C17H21N.C8H9FO2S.ClH/c1-3-29(27,28)23-13-11-22(12-14-23)26-16-15-20(18-26)17-19(2)24-10-6-8-21-7-4-5-9-25(21)24;1-13(11-14-9-10-18-12-14)16-8-4-6-15-5-2-3-7-17(15)16;1-2-12(10,11)8-5-3-7(9)4-6-8;/h4-14,19-20H,3,15-18H2,1-2H3;2-8,13-14,18H,9-12H2,1H3;3-6H,2H2,1H3;1H/t19-,20+;13-,14+;;/m00../s1. The summed E-state index contributed by atoms with van der Waals surface area (Å²) in [6.45, 7) is 12.4. The number of halogens is 2. The second-order valence-corrected chi connectivity index (χ2v) is 20.7. The van der Waals surface area contributed by atoms with Crippen molar-refractivity contribution in [1.82, 2.24) is 5.32 Å². The molecule has 6 aromatic carbocycles. The van der Waals surface area contributed by atoms with Gasteiger partial charge in [0, 0.05) is 18.8 Å². The van der Waals surface area contributed by atoms with Crippen LogP contribution in [0.4, 0.5) is 10.1 Å². The molecule has 6 nitrogen and oxygen atoms in total. The van der Waals surface area contributed by atoms with E-state index in [1.807, 2.05) is 12.1 Å². The molecule has 2 aliphatic heterocycles. The molecule has 8 rings (SSSR count). The molecule has 0 unspecified atom stereocenters. The van der Waals surface area contributed by atoms with Crippen LogP contribution < -0.4 is 10.2 Å². The normalized spacial score (nSPS) is 17.5. The van der Waals surface area contributed by atoms with Crippen LogP contribution in [0.3, 0.4) is 0 Å². The molecule has 2 aliphatic rings. The number of fused-ring (bicyclic) bond motifs is 2. The van der Waals surface area contributed by atoms with Crippen molar-refractivity contribution in [3.63, 3.8) is 0 Å². The van der Waals surface area contributed by atoms with Crippen LogP contribution in [-0.2, 0) is 19.7 Å². The Balaban J connectivity index is 0.000000188. The summed E-state index contributed by atoms with van der Waals surface area (Å²) in [6.07, 6.45) is 5.01. The largest absolute Gasteiger partial charge is 0.371 e. The molecule has 0 saturated carbocycles. The summed E-state index contributed by atoms with van der Waals surface area (Å²) < 4.78 is 58.8. The van der Waals surface area contributed by atoms with E-state index in [4.69, 9.17) is 0 Å². The summed E-state index contributed by atoms with van der Waals surface area (Å²) in [4.78, 5) is 2.98. The fourth-order valence-corrected chi connectivity index (χ4v) is 10.4. The van der Waals surface area contributed by atoms with Crippen molar-refractivity contribution in [2.75, 3.05) is 42.6 Å². The number of hydrogen-bond acceptors (Lipinski definition) is 6. The highest BCUT2D eigenvalue weighted by Crippen LogP contribution is 2.35. The van der Waals surface area contributed by atoms with Crippen LogP contribution in [0.2, 0.25) is 0 Å². The molecule has 0 bridgehead atoms. The van der Waals surface area contributed by atoms with Crippen molar-refractivity contribution in [3.05, 3.63) is 150 Å². The number of sulfone groups is 2. The topological polar surface area (TPSA) is 83.5 Å². The van der Waals surface area contributed by atoms with Crippen LogP contribution in [0.1, 0.15) is 76.3 Å². The second kappa shape index (κ2) is 21.5. The molecule has 60 heavy (non-hydrogen) atoms. The minimum Gasteiger partial charge on any atom is -0.371 e. The van der Waals surface area contributed by atoms with Gasteiger partial charge in [-0.3, -0.25) is 0 Å². The Morgan fingerprint density at radius 1 is 0.617 bits per heavy atom. The molecule has 0 aliphatic carbocycles. The Bertz CT molecular complexity index is 2500.